The van der Waals surface area contributed by atoms with Gasteiger partial charge in [-0.25, -0.2) is 8.42 Å². The van der Waals surface area contributed by atoms with Crippen LogP contribution in [0, 0.1) is 0 Å². The van der Waals surface area contributed by atoms with Crippen LogP contribution in [0.3, 0.4) is 0 Å². The Bertz CT molecular complexity index is 1250. The summed E-state index contributed by atoms with van der Waals surface area (Å²) in [5, 5.41) is 3.85. The lowest BCUT2D eigenvalue weighted by atomic mass is 9.87. The molecule has 2 aromatic rings. The van der Waals surface area contributed by atoms with Gasteiger partial charge < -0.3 is 10.2 Å². The van der Waals surface area contributed by atoms with Gasteiger partial charge in [-0.1, -0.05) is 75.0 Å². The van der Waals surface area contributed by atoms with Gasteiger partial charge in [-0.05, 0) is 60.6 Å². The van der Waals surface area contributed by atoms with Crippen molar-refractivity contribution in [3.05, 3.63) is 63.6 Å². The van der Waals surface area contributed by atoms with E-state index in [9.17, 15) is 18.0 Å². The zero-order chi connectivity index (χ0) is 28.3. The molecule has 38 heavy (non-hydrogen) atoms. The molecule has 0 unspecified atom stereocenters. The minimum absolute atomic E-state index is 0.0225. The van der Waals surface area contributed by atoms with E-state index in [0.29, 0.717) is 21.3 Å². The fourth-order valence-corrected chi connectivity index (χ4v) is 5.87. The number of anilines is 1. The molecule has 0 heterocycles. The number of halogens is 2. The smallest absolute Gasteiger partial charge is 0.244 e. The lowest BCUT2D eigenvalue weighted by Crippen LogP contribution is -2.52. The summed E-state index contributed by atoms with van der Waals surface area (Å²) in [6.07, 6.45) is 4.98. The standard InChI is InChI=1S/C28H37Cl2N3O4S/c1-19(27(35)31-23-8-6-7-9-23)32(17-20-10-13-22(29)16-25(20)30)26(34)18-33(38(5,36)37)24-14-11-21(12-15-24)28(2,3)4/h10-16,19,23H,6-9,17-18H2,1-5H3,(H,31,35)/t19-/m1/s1. The maximum atomic E-state index is 13.7. The second kappa shape index (κ2) is 12.3. The topological polar surface area (TPSA) is 86.8 Å². The molecule has 0 saturated heterocycles. The molecule has 1 saturated carbocycles. The number of nitrogens with zero attached hydrogens (tertiary/aromatic N) is 2. The number of hydrogen-bond donors (Lipinski definition) is 1. The molecule has 1 fully saturated rings. The van der Waals surface area contributed by atoms with Crippen LogP contribution in [0.2, 0.25) is 10.0 Å². The van der Waals surface area contributed by atoms with Gasteiger partial charge in [0.1, 0.15) is 12.6 Å². The van der Waals surface area contributed by atoms with E-state index in [2.05, 4.69) is 26.1 Å². The Morgan fingerprint density at radius 2 is 1.66 bits per heavy atom. The molecule has 1 N–H and O–H groups in total. The summed E-state index contributed by atoms with van der Waals surface area (Å²) in [7, 11) is -3.80. The Morgan fingerprint density at radius 3 is 2.18 bits per heavy atom. The molecule has 1 aliphatic carbocycles. The molecule has 3 rings (SSSR count). The summed E-state index contributed by atoms with van der Waals surface area (Å²) in [4.78, 5) is 28.3. The van der Waals surface area contributed by atoms with Crippen molar-refractivity contribution in [3.8, 4) is 0 Å². The number of carbonyl (C=O) groups excluding carboxylic acids is 2. The highest BCUT2D eigenvalue weighted by Gasteiger charge is 2.32. The predicted octanol–water partition coefficient (Wildman–Crippen LogP) is 5.53. The lowest BCUT2D eigenvalue weighted by molar-refractivity contribution is -0.139. The van der Waals surface area contributed by atoms with Crippen molar-refractivity contribution in [3.63, 3.8) is 0 Å². The average Bonchev–Trinajstić information content (AvgIpc) is 3.33. The second-order valence-corrected chi connectivity index (χ2v) is 13.7. The van der Waals surface area contributed by atoms with E-state index in [1.165, 1.54) is 4.90 Å². The number of carbonyl (C=O) groups is 2. The molecular formula is C28H37Cl2N3O4S. The third-order valence-electron chi connectivity index (χ3n) is 6.93. The zero-order valence-electron chi connectivity index (χ0n) is 22.6. The van der Waals surface area contributed by atoms with Crippen molar-refractivity contribution in [2.75, 3.05) is 17.1 Å². The molecule has 2 aromatic carbocycles. The van der Waals surface area contributed by atoms with Gasteiger partial charge in [0.25, 0.3) is 0 Å². The fourth-order valence-electron chi connectivity index (χ4n) is 4.55. The first-order valence-electron chi connectivity index (χ1n) is 12.8. The number of benzene rings is 2. The Morgan fingerprint density at radius 1 is 1.05 bits per heavy atom. The van der Waals surface area contributed by atoms with E-state index < -0.39 is 28.5 Å². The van der Waals surface area contributed by atoms with Crippen molar-refractivity contribution in [1.82, 2.24) is 10.2 Å². The van der Waals surface area contributed by atoms with Gasteiger partial charge in [0.2, 0.25) is 21.8 Å². The van der Waals surface area contributed by atoms with Gasteiger partial charge >= 0.3 is 0 Å². The quantitative estimate of drug-likeness (QED) is 0.421. The van der Waals surface area contributed by atoms with Crippen LogP contribution in [0.25, 0.3) is 0 Å². The van der Waals surface area contributed by atoms with Crippen molar-refractivity contribution >= 4 is 50.7 Å². The Kier molecular flexibility index (Phi) is 9.76. The highest BCUT2D eigenvalue weighted by atomic mass is 35.5. The molecule has 10 heteroatoms. The van der Waals surface area contributed by atoms with Crippen molar-refractivity contribution in [1.29, 1.82) is 0 Å². The van der Waals surface area contributed by atoms with Gasteiger partial charge in [0, 0.05) is 22.6 Å². The zero-order valence-corrected chi connectivity index (χ0v) is 25.0. The van der Waals surface area contributed by atoms with E-state index >= 15 is 0 Å². The van der Waals surface area contributed by atoms with E-state index in [0.717, 1.165) is 41.8 Å². The highest BCUT2D eigenvalue weighted by molar-refractivity contribution is 7.92. The SMILES string of the molecule is C[C@H](C(=O)NC1CCCC1)N(Cc1ccc(Cl)cc1Cl)C(=O)CN(c1ccc(C(C)(C)C)cc1)S(C)(=O)=O. The molecule has 208 valence electrons. The molecule has 0 radical (unpaired) electrons. The Balaban J connectivity index is 1.91. The van der Waals surface area contributed by atoms with Crippen LogP contribution < -0.4 is 9.62 Å². The Labute approximate surface area is 236 Å². The van der Waals surface area contributed by atoms with Gasteiger partial charge in [0.05, 0.1) is 11.9 Å². The first-order chi connectivity index (χ1) is 17.7. The summed E-state index contributed by atoms with van der Waals surface area (Å²) in [5.74, 6) is -0.800. The molecule has 0 spiro atoms. The van der Waals surface area contributed by atoms with Crippen LogP contribution in [0.1, 0.15) is 64.5 Å². The number of nitrogens with one attached hydrogen (secondary N) is 1. The molecule has 7 nitrogen and oxygen atoms in total. The molecule has 0 aromatic heterocycles. The molecule has 1 aliphatic rings. The van der Waals surface area contributed by atoms with E-state index in [4.69, 9.17) is 23.2 Å². The molecule has 2 amide bonds. The maximum absolute atomic E-state index is 13.7. The van der Waals surface area contributed by atoms with Gasteiger partial charge in [-0.3, -0.25) is 13.9 Å². The van der Waals surface area contributed by atoms with Crippen LogP contribution in [-0.2, 0) is 31.6 Å². The minimum atomic E-state index is -3.80. The molecule has 0 aliphatic heterocycles. The fraction of sp³-hybridized carbons (Fsp3) is 0.500. The number of hydrogen-bond acceptors (Lipinski definition) is 4. The van der Waals surface area contributed by atoms with Crippen LogP contribution in [-0.4, -0.2) is 50.0 Å². The van der Waals surface area contributed by atoms with Gasteiger partial charge in [-0.2, -0.15) is 0 Å². The predicted molar refractivity (Wildman–Crippen MR) is 154 cm³/mol. The number of amides is 2. The first kappa shape index (κ1) is 30.3. The first-order valence-corrected chi connectivity index (χ1v) is 15.4. The molecule has 0 bridgehead atoms. The third kappa shape index (κ3) is 7.87. The normalized spacial score (nSPS) is 15.2. The Hall–Kier alpha value is -2.29. The minimum Gasteiger partial charge on any atom is -0.352 e. The summed E-state index contributed by atoms with van der Waals surface area (Å²) < 4.78 is 26.7. The lowest BCUT2D eigenvalue weighted by Gasteiger charge is -2.32. The summed E-state index contributed by atoms with van der Waals surface area (Å²) >= 11 is 12.4. The van der Waals surface area contributed by atoms with Crippen molar-refractivity contribution < 1.29 is 18.0 Å². The van der Waals surface area contributed by atoms with E-state index in [1.807, 2.05) is 12.1 Å². The highest BCUT2D eigenvalue weighted by Crippen LogP contribution is 2.27. The van der Waals surface area contributed by atoms with Gasteiger partial charge in [0.15, 0.2) is 0 Å². The second-order valence-electron chi connectivity index (χ2n) is 11.0. The number of rotatable bonds is 9. The van der Waals surface area contributed by atoms with Crippen LogP contribution in [0.15, 0.2) is 42.5 Å². The summed E-state index contributed by atoms with van der Waals surface area (Å²) in [5.41, 5.74) is 1.91. The maximum Gasteiger partial charge on any atom is 0.244 e. The van der Waals surface area contributed by atoms with Crippen LogP contribution >= 0.6 is 23.2 Å². The van der Waals surface area contributed by atoms with E-state index in [-0.39, 0.29) is 23.9 Å². The third-order valence-corrected chi connectivity index (χ3v) is 8.65. The molecule has 1 atom stereocenters. The average molecular weight is 583 g/mol. The van der Waals surface area contributed by atoms with Gasteiger partial charge in [-0.15, -0.1) is 0 Å². The van der Waals surface area contributed by atoms with Crippen molar-refractivity contribution in [2.45, 2.75) is 77.4 Å². The summed E-state index contributed by atoms with van der Waals surface area (Å²) in [6.45, 7) is 7.41. The molecular weight excluding hydrogens is 545 g/mol. The van der Waals surface area contributed by atoms with Crippen LogP contribution in [0.5, 0.6) is 0 Å². The van der Waals surface area contributed by atoms with Crippen LogP contribution in [0.4, 0.5) is 5.69 Å². The monoisotopic (exact) mass is 581 g/mol. The van der Waals surface area contributed by atoms with E-state index in [1.54, 1.807) is 37.3 Å². The van der Waals surface area contributed by atoms with Crippen molar-refractivity contribution in [2.24, 2.45) is 0 Å². The number of sulfonamides is 1. The largest absolute Gasteiger partial charge is 0.352 e. The summed E-state index contributed by atoms with van der Waals surface area (Å²) in [6, 6.07) is 11.3.